The Kier molecular flexibility index (Phi) is 7.67. The average Bonchev–Trinajstić information content (AvgIpc) is 3.19. The SMILES string of the molecule is CCOc1cccc(-c2ccc(C3CCN(S(=O)(=O)C4(C(=O)NO)C[C@@H](O)[C@@H](O)C4)CC3)cc2C)n1. The third kappa shape index (κ3) is 4.73. The lowest BCUT2D eigenvalue weighted by Crippen LogP contribution is -2.57. The third-order valence-corrected chi connectivity index (χ3v) is 9.89. The largest absolute Gasteiger partial charge is 0.478 e. The van der Waals surface area contributed by atoms with Crippen molar-refractivity contribution < 1.29 is 33.4 Å². The number of nitrogens with zero attached hydrogens (tertiary/aromatic N) is 2. The fourth-order valence-electron chi connectivity index (χ4n) is 5.34. The lowest BCUT2D eigenvalue weighted by Gasteiger charge is -2.37. The topological polar surface area (TPSA) is 149 Å². The normalized spacial score (nSPS) is 25.6. The standard InChI is InChI=1S/C25H33N3O7S/c1-3-35-23-6-4-5-20(26-23)19-8-7-18(13-16(19)2)17-9-11-28(12-10-17)36(33,34)25(24(31)27-32)14-21(29)22(30)15-25/h4-8,13,17,21-22,29-30,32H,3,9-12,14-15H2,1-2H3,(H,27,31)/t21-,22+,25?. The molecule has 4 rings (SSSR count). The van der Waals surface area contributed by atoms with E-state index in [4.69, 9.17) is 4.74 Å². The minimum absolute atomic E-state index is 0.134. The first-order chi connectivity index (χ1) is 17.1. The van der Waals surface area contributed by atoms with Gasteiger partial charge in [0.1, 0.15) is 0 Å². The van der Waals surface area contributed by atoms with Gasteiger partial charge in [-0.1, -0.05) is 24.3 Å². The summed E-state index contributed by atoms with van der Waals surface area (Å²) in [4.78, 5) is 17.0. The van der Waals surface area contributed by atoms with Crippen molar-refractivity contribution in [2.45, 2.75) is 62.4 Å². The summed E-state index contributed by atoms with van der Waals surface area (Å²) in [5, 5.41) is 29.2. The zero-order chi connectivity index (χ0) is 26.1. The van der Waals surface area contributed by atoms with Gasteiger partial charge in [0.05, 0.1) is 24.5 Å². The Labute approximate surface area is 210 Å². The number of aryl methyl sites for hydroxylation is 1. The fourth-order valence-corrected chi connectivity index (χ4v) is 7.57. The summed E-state index contributed by atoms with van der Waals surface area (Å²) in [5.74, 6) is -0.426. The van der Waals surface area contributed by atoms with Gasteiger partial charge >= 0.3 is 0 Å². The van der Waals surface area contributed by atoms with Crippen LogP contribution in [0.4, 0.5) is 0 Å². The van der Waals surface area contributed by atoms with E-state index in [0.29, 0.717) is 25.3 Å². The number of benzene rings is 1. The van der Waals surface area contributed by atoms with Crippen LogP contribution in [0.5, 0.6) is 5.88 Å². The van der Waals surface area contributed by atoms with Crippen LogP contribution in [0.3, 0.4) is 0 Å². The number of aliphatic hydroxyl groups is 2. The first-order valence-electron chi connectivity index (χ1n) is 12.1. The molecule has 10 nitrogen and oxygen atoms in total. The number of nitrogens with one attached hydrogen (secondary N) is 1. The molecule has 0 bridgehead atoms. The molecule has 2 aromatic rings. The van der Waals surface area contributed by atoms with Gasteiger partial charge in [-0.05, 0) is 49.8 Å². The van der Waals surface area contributed by atoms with E-state index in [1.807, 2.05) is 44.2 Å². The maximum Gasteiger partial charge on any atom is 0.266 e. The molecule has 1 amide bonds. The number of carbonyl (C=O) groups is 1. The van der Waals surface area contributed by atoms with Crippen LogP contribution >= 0.6 is 0 Å². The van der Waals surface area contributed by atoms with E-state index in [0.717, 1.165) is 22.4 Å². The number of aliphatic hydroxyl groups excluding tert-OH is 2. The quantitative estimate of drug-likeness (QED) is 0.319. The molecule has 196 valence electrons. The molecule has 1 saturated carbocycles. The van der Waals surface area contributed by atoms with Gasteiger partial charge in [0.2, 0.25) is 15.9 Å². The van der Waals surface area contributed by atoms with Crippen LogP contribution in [0, 0.1) is 6.92 Å². The molecule has 4 N–H and O–H groups in total. The fraction of sp³-hybridized carbons (Fsp3) is 0.520. The second kappa shape index (κ2) is 10.4. The maximum atomic E-state index is 13.5. The first-order valence-corrected chi connectivity index (χ1v) is 13.6. The molecular weight excluding hydrogens is 486 g/mol. The number of hydrogen-bond donors (Lipinski definition) is 4. The van der Waals surface area contributed by atoms with E-state index in [9.17, 15) is 28.6 Å². The van der Waals surface area contributed by atoms with Crippen molar-refractivity contribution in [3.8, 4) is 17.1 Å². The number of pyridine rings is 1. The van der Waals surface area contributed by atoms with E-state index in [-0.39, 0.29) is 19.0 Å². The van der Waals surface area contributed by atoms with Crippen LogP contribution in [-0.2, 0) is 14.8 Å². The Morgan fingerprint density at radius 1 is 1.17 bits per heavy atom. The third-order valence-electron chi connectivity index (χ3n) is 7.34. The van der Waals surface area contributed by atoms with E-state index in [1.54, 1.807) is 0 Å². The molecular formula is C25H33N3O7S. The van der Waals surface area contributed by atoms with Crippen molar-refractivity contribution in [3.63, 3.8) is 0 Å². The maximum absolute atomic E-state index is 13.5. The highest BCUT2D eigenvalue weighted by Crippen LogP contribution is 2.41. The lowest BCUT2D eigenvalue weighted by molar-refractivity contribution is -0.132. The highest BCUT2D eigenvalue weighted by molar-refractivity contribution is 7.91. The molecule has 1 unspecified atom stereocenters. The number of sulfonamides is 1. The van der Waals surface area contributed by atoms with E-state index < -0.39 is 45.7 Å². The van der Waals surface area contributed by atoms with Crippen LogP contribution < -0.4 is 10.2 Å². The van der Waals surface area contributed by atoms with E-state index in [1.165, 1.54) is 9.79 Å². The Morgan fingerprint density at radius 3 is 2.42 bits per heavy atom. The van der Waals surface area contributed by atoms with Gasteiger partial charge in [-0.2, -0.15) is 0 Å². The van der Waals surface area contributed by atoms with Crippen LogP contribution in [0.1, 0.15) is 49.7 Å². The second-order valence-corrected chi connectivity index (χ2v) is 11.8. The van der Waals surface area contributed by atoms with Crippen molar-refractivity contribution in [2.75, 3.05) is 19.7 Å². The summed E-state index contributed by atoms with van der Waals surface area (Å²) in [6.45, 7) is 4.85. The van der Waals surface area contributed by atoms with Gasteiger partial charge in [0.15, 0.2) is 4.75 Å². The first kappa shape index (κ1) is 26.5. The summed E-state index contributed by atoms with van der Waals surface area (Å²) in [7, 11) is -4.24. The molecule has 1 aliphatic carbocycles. The molecule has 1 aliphatic heterocycles. The molecule has 11 heteroatoms. The van der Waals surface area contributed by atoms with E-state index in [2.05, 4.69) is 11.1 Å². The van der Waals surface area contributed by atoms with Gasteiger partial charge in [-0.25, -0.2) is 23.2 Å². The number of aromatic nitrogens is 1. The van der Waals surface area contributed by atoms with Gasteiger partial charge < -0.3 is 14.9 Å². The molecule has 3 atom stereocenters. The zero-order valence-electron chi connectivity index (χ0n) is 20.4. The van der Waals surface area contributed by atoms with Crippen molar-refractivity contribution in [1.82, 2.24) is 14.8 Å². The van der Waals surface area contributed by atoms with Crippen molar-refractivity contribution in [3.05, 3.63) is 47.5 Å². The summed E-state index contributed by atoms with van der Waals surface area (Å²) < 4.78 is 31.6. The Bertz CT molecular complexity index is 1200. The number of piperidine rings is 1. The van der Waals surface area contributed by atoms with Crippen molar-refractivity contribution in [1.29, 1.82) is 0 Å². The van der Waals surface area contributed by atoms with Gasteiger partial charge in [0.25, 0.3) is 5.91 Å². The summed E-state index contributed by atoms with van der Waals surface area (Å²) in [6.07, 6.45) is -2.56. The minimum atomic E-state index is -4.24. The molecule has 1 saturated heterocycles. The number of ether oxygens (including phenoxy) is 1. The summed E-state index contributed by atoms with van der Waals surface area (Å²) in [6, 6.07) is 11.8. The molecule has 2 aliphatic rings. The number of rotatable bonds is 7. The molecule has 1 aromatic carbocycles. The van der Waals surface area contributed by atoms with Crippen LogP contribution in [0.25, 0.3) is 11.3 Å². The average molecular weight is 520 g/mol. The highest BCUT2D eigenvalue weighted by atomic mass is 32.2. The Morgan fingerprint density at radius 2 is 1.83 bits per heavy atom. The van der Waals surface area contributed by atoms with E-state index >= 15 is 0 Å². The smallest absolute Gasteiger partial charge is 0.266 e. The Hall–Kier alpha value is -2.57. The lowest BCUT2D eigenvalue weighted by atomic mass is 9.88. The van der Waals surface area contributed by atoms with Gasteiger partial charge in [-0.3, -0.25) is 10.0 Å². The van der Waals surface area contributed by atoms with Crippen molar-refractivity contribution in [2.24, 2.45) is 0 Å². The van der Waals surface area contributed by atoms with Crippen LogP contribution in [-0.4, -0.2) is 75.7 Å². The number of carbonyl (C=O) groups excluding carboxylic acids is 1. The second-order valence-electron chi connectivity index (χ2n) is 9.52. The monoisotopic (exact) mass is 519 g/mol. The van der Waals surface area contributed by atoms with Crippen LogP contribution in [0.2, 0.25) is 0 Å². The summed E-state index contributed by atoms with van der Waals surface area (Å²) in [5.41, 5.74) is 5.39. The van der Waals surface area contributed by atoms with Gasteiger partial charge in [0, 0.05) is 37.6 Å². The molecule has 2 fully saturated rings. The van der Waals surface area contributed by atoms with Crippen molar-refractivity contribution >= 4 is 15.9 Å². The van der Waals surface area contributed by atoms with Gasteiger partial charge in [-0.15, -0.1) is 0 Å². The number of hydroxylamine groups is 1. The zero-order valence-corrected chi connectivity index (χ0v) is 21.2. The summed E-state index contributed by atoms with van der Waals surface area (Å²) >= 11 is 0. The highest BCUT2D eigenvalue weighted by Gasteiger charge is 2.60. The predicted molar refractivity (Wildman–Crippen MR) is 132 cm³/mol. The van der Waals surface area contributed by atoms with Crippen LogP contribution in [0.15, 0.2) is 36.4 Å². The molecule has 0 spiro atoms. The molecule has 0 radical (unpaired) electrons. The molecule has 36 heavy (non-hydrogen) atoms. The minimum Gasteiger partial charge on any atom is -0.478 e. The predicted octanol–water partition coefficient (Wildman–Crippen LogP) is 1.72. The number of hydrogen-bond acceptors (Lipinski definition) is 8. The number of amides is 1. The Balaban J connectivity index is 1.49. The molecule has 2 heterocycles. The molecule has 1 aromatic heterocycles.